The van der Waals surface area contributed by atoms with Gasteiger partial charge in [-0.1, -0.05) is 76.9 Å². The number of carbonyl (C=O) groups excluding carboxylic acids is 1. The van der Waals surface area contributed by atoms with Crippen molar-refractivity contribution in [1.82, 2.24) is 10.4 Å². The second kappa shape index (κ2) is 11.2. The number of aromatic nitrogens is 1. The van der Waals surface area contributed by atoms with Crippen molar-refractivity contribution in [3.63, 3.8) is 0 Å². The van der Waals surface area contributed by atoms with Gasteiger partial charge in [-0.05, 0) is 35.9 Å². The first-order chi connectivity index (χ1) is 16.0. The van der Waals surface area contributed by atoms with Gasteiger partial charge in [0.2, 0.25) is 0 Å². The van der Waals surface area contributed by atoms with Crippen LogP contribution < -0.4 is 10.2 Å². The van der Waals surface area contributed by atoms with Crippen molar-refractivity contribution < 1.29 is 9.53 Å². The van der Waals surface area contributed by atoms with Crippen LogP contribution in [-0.2, 0) is 11.4 Å². The largest absolute Gasteiger partial charge is 0.486 e. The number of hydrogen-bond acceptors (Lipinski definition) is 6. The number of ether oxygens (including phenoxy) is 1. The quantitative estimate of drug-likeness (QED) is 0.148. The molecule has 0 fully saturated rings. The third kappa shape index (κ3) is 6.40. The molecule has 0 spiro atoms. The minimum Gasteiger partial charge on any atom is -0.486 e. The van der Waals surface area contributed by atoms with Crippen molar-refractivity contribution in [2.75, 3.05) is 5.75 Å². The van der Waals surface area contributed by atoms with Crippen LogP contribution in [0.2, 0.25) is 15.1 Å². The lowest BCUT2D eigenvalue weighted by atomic mass is 10.2. The number of nitrogens with zero attached hydrogens (tertiary/aromatic N) is 2. The Balaban J connectivity index is 1.31. The van der Waals surface area contributed by atoms with E-state index >= 15 is 0 Å². The van der Waals surface area contributed by atoms with Crippen molar-refractivity contribution in [3.8, 4) is 5.75 Å². The molecule has 0 bridgehead atoms. The Hall–Kier alpha value is -2.29. The molecule has 0 aliphatic heterocycles. The van der Waals surface area contributed by atoms with E-state index < -0.39 is 0 Å². The molecule has 1 aromatic heterocycles. The highest BCUT2D eigenvalue weighted by Gasteiger charge is 2.11. The van der Waals surface area contributed by atoms with Gasteiger partial charge in [-0.25, -0.2) is 10.4 Å². The average Bonchev–Trinajstić information content (AvgIpc) is 3.21. The number of halogens is 3. The molecule has 0 saturated carbocycles. The Kier molecular flexibility index (Phi) is 8.11. The first-order valence-electron chi connectivity index (χ1n) is 9.65. The lowest BCUT2D eigenvalue weighted by Gasteiger charge is -2.11. The molecular weight excluding hydrogens is 521 g/mol. The number of thiazole rings is 1. The third-order valence-corrected chi connectivity index (χ3v) is 7.46. The smallest absolute Gasteiger partial charge is 0.250 e. The second-order valence-corrected chi connectivity index (χ2v) is 10.2. The highest BCUT2D eigenvalue weighted by molar-refractivity contribution is 8.01. The zero-order valence-electron chi connectivity index (χ0n) is 16.9. The van der Waals surface area contributed by atoms with E-state index in [1.807, 2.05) is 42.5 Å². The lowest BCUT2D eigenvalue weighted by Crippen LogP contribution is -2.19. The van der Waals surface area contributed by atoms with E-state index in [0.29, 0.717) is 26.4 Å². The van der Waals surface area contributed by atoms with Crippen LogP contribution in [0.4, 0.5) is 0 Å². The summed E-state index contributed by atoms with van der Waals surface area (Å²) in [6, 6.07) is 18.5. The van der Waals surface area contributed by atoms with E-state index in [2.05, 4.69) is 15.5 Å². The first-order valence-corrected chi connectivity index (χ1v) is 12.6. The predicted octanol–water partition coefficient (Wildman–Crippen LogP) is 7.08. The summed E-state index contributed by atoms with van der Waals surface area (Å²) >= 11 is 21.7. The standard InChI is InChI=1S/C23H16Cl3N3O2S2/c24-16-6-2-1-5-15(16)12-31-22-17(25)9-14(10-18(22)26)11-27-29-21(30)13-32-23-28-19-7-3-4-8-20(19)33-23/h1-11H,12-13H2,(H,29,30)/b27-11-. The number of nitrogens with one attached hydrogen (secondary N) is 1. The molecular formula is C23H16Cl3N3O2S2. The van der Waals surface area contributed by atoms with Crippen LogP contribution in [0.1, 0.15) is 11.1 Å². The van der Waals surface area contributed by atoms with Crippen LogP contribution in [0, 0.1) is 0 Å². The highest BCUT2D eigenvalue weighted by atomic mass is 35.5. The van der Waals surface area contributed by atoms with E-state index in [-0.39, 0.29) is 18.3 Å². The first kappa shape index (κ1) is 23.9. The van der Waals surface area contributed by atoms with Gasteiger partial charge in [0.1, 0.15) is 6.61 Å². The number of amides is 1. The predicted molar refractivity (Wildman–Crippen MR) is 138 cm³/mol. The maximum Gasteiger partial charge on any atom is 0.250 e. The van der Waals surface area contributed by atoms with Crippen LogP contribution in [0.3, 0.4) is 0 Å². The van der Waals surface area contributed by atoms with E-state index in [1.165, 1.54) is 18.0 Å². The number of rotatable bonds is 8. The molecule has 0 radical (unpaired) electrons. The zero-order chi connectivity index (χ0) is 23.2. The van der Waals surface area contributed by atoms with Gasteiger partial charge in [-0.15, -0.1) is 11.3 Å². The fraction of sp³-hybridized carbons (Fsp3) is 0.0870. The number of hydrazone groups is 1. The number of fused-ring (bicyclic) bond motifs is 1. The average molecular weight is 537 g/mol. The van der Waals surface area contributed by atoms with Crippen LogP contribution in [0.25, 0.3) is 10.2 Å². The molecule has 0 unspecified atom stereocenters. The van der Waals surface area contributed by atoms with Gasteiger partial charge in [0.05, 0.1) is 32.2 Å². The summed E-state index contributed by atoms with van der Waals surface area (Å²) < 4.78 is 7.68. The van der Waals surface area contributed by atoms with Gasteiger partial charge in [-0.2, -0.15) is 5.10 Å². The molecule has 168 valence electrons. The van der Waals surface area contributed by atoms with Crippen molar-refractivity contribution in [1.29, 1.82) is 0 Å². The number of thioether (sulfide) groups is 1. The molecule has 10 heteroatoms. The summed E-state index contributed by atoms with van der Waals surface area (Å²) in [7, 11) is 0. The molecule has 4 rings (SSSR count). The van der Waals surface area contributed by atoms with Crippen molar-refractivity contribution in [3.05, 3.63) is 86.9 Å². The molecule has 1 N–H and O–H groups in total. The molecule has 0 aliphatic carbocycles. The summed E-state index contributed by atoms with van der Waals surface area (Å²) in [5.74, 6) is 0.312. The molecule has 1 amide bonds. The van der Waals surface area contributed by atoms with Gasteiger partial charge in [0.15, 0.2) is 10.1 Å². The fourth-order valence-electron chi connectivity index (χ4n) is 2.81. The molecule has 33 heavy (non-hydrogen) atoms. The van der Waals surface area contributed by atoms with Gasteiger partial charge >= 0.3 is 0 Å². The molecule has 0 aliphatic rings. The minimum atomic E-state index is -0.243. The number of benzene rings is 3. The summed E-state index contributed by atoms with van der Waals surface area (Å²) in [5, 5.41) is 5.24. The van der Waals surface area contributed by atoms with E-state index in [1.54, 1.807) is 29.5 Å². The van der Waals surface area contributed by atoms with Crippen molar-refractivity contribution in [2.45, 2.75) is 10.9 Å². The molecule has 1 heterocycles. The Labute approximate surface area is 213 Å². The normalized spacial score (nSPS) is 11.2. The van der Waals surface area contributed by atoms with Crippen LogP contribution in [0.15, 0.2) is 70.1 Å². The number of para-hydroxylation sites is 1. The summed E-state index contributed by atoms with van der Waals surface area (Å²) in [5.41, 5.74) is 4.87. The van der Waals surface area contributed by atoms with Gasteiger partial charge < -0.3 is 4.74 Å². The number of hydrogen-bond donors (Lipinski definition) is 1. The molecule has 5 nitrogen and oxygen atoms in total. The molecule has 4 aromatic rings. The maximum absolute atomic E-state index is 12.1. The Bertz CT molecular complexity index is 1270. The topological polar surface area (TPSA) is 63.6 Å². The lowest BCUT2D eigenvalue weighted by molar-refractivity contribution is -0.118. The zero-order valence-corrected chi connectivity index (χ0v) is 20.8. The van der Waals surface area contributed by atoms with Gasteiger partial charge in [0.25, 0.3) is 5.91 Å². The summed E-state index contributed by atoms with van der Waals surface area (Å²) in [6.45, 7) is 0.231. The van der Waals surface area contributed by atoms with E-state index in [4.69, 9.17) is 39.5 Å². The highest BCUT2D eigenvalue weighted by Crippen LogP contribution is 2.35. The Morgan fingerprint density at radius 2 is 1.79 bits per heavy atom. The fourth-order valence-corrected chi connectivity index (χ4v) is 5.47. The maximum atomic E-state index is 12.1. The van der Waals surface area contributed by atoms with Crippen LogP contribution in [-0.4, -0.2) is 22.9 Å². The third-order valence-electron chi connectivity index (χ3n) is 4.35. The van der Waals surface area contributed by atoms with Gasteiger partial charge in [-0.3, -0.25) is 4.79 Å². The molecule has 0 saturated heterocycles. The van der Waals surface area contributed by atoms with Crippen LogP contribution >= 0.6 is 57.9 Å². The Morgan fingerprint density at radius 1 is 1.06 bits per heavy atom. The van der Waals surface area contributed by atoms with Crippen LogP contribution in [0.5, 0.6) is 5.75 Å². The van der Waals surface area contributed by atoms with E-state index in [9.17, 15) is 4.79 Å². The monoisotopic (exact) mass is 535 g/mol. The van der Waals surface area contributed by atoms with E-state index in [0.717, 1.165) is 20.1 Å². The van der Waals surface area contributed by atoms with Crippen molar-refractivity contribution >= 4 is 80.2 Å². The summed E-state index contributed by atoms with van der Waals surface area (Å²) in [6.07, 6.45) is 1.47. The second-order valence-electron chi connectivity index (χ2n) is 6.72. The summed E-state index contributed by atoms with van der Waals surface area (Å²) in [4.78, 5) is 16.6. The SMILES string of the molecule is O=C(CSc1nc2ccccc2s1)N/N=C\c1cc(Cl)c(OCc2ccccc2Cl)c(Cl)c1. The molecule has 3 aromatic carbocycles. The number of carbonyl (C=O) groups is 1. The molecule has 0 atom stereocenters. The Morgan fingerprint density at radius 3 is 2.55 bits per heavy atom. The van der Waals surface area contributed by atoms with Gasteiger partial charge in [0, 0.05) is 10.6 Å². The van der Waals surface area contributed by atoms with Crippen molar-refractivity contribution in [2.24, 2.45) is 5.10 Å². The minimum absolute atomic E-state index is 0.202.